The fourth-order valence-corrected chi connectivity index (χ4v) is 1.76. The number of ether oxygens (including phenoxy) is 1. The number of benzene rings is 1. The molecule has 0 radical (unpaired) electrons. The number of phenolic OH excluding ortho intramolecular Hbond substituents is 1. The molecule has 5 heteroatoms. The van der Waals surface area contributed by atoms with Crippen molar-refractivity contribution in [3.05, 3.63) is 53.2 Å². The summed E-state index contributed by atoms with van der Waals surface area (Å²) in [5, 5.41) is 12.6. The first-order valence-electron chi connectivity index (χ1n) is 6.17. The molecule has 2 rings (SSSR count). The Morgan fingerprint density at radius 2 is 2.15 bits per heavy atom. The lowest BCUT2D eigenvalue weighted by molar-refractivity contribution is 0.0948. The number of aryl methyl sites for hydroxylation is 1. The number of aromatic hydroxyl groups is 1. The molecule has 0 fully saturated rings. The topological polar surface area (TPSA) is 71.5 Å². The number of amides is 1. The molecule has 0 aliphatic heterocycles. The number of para-hydroxylation sites is 1. The Bertz CT molecular complexity index is 609. The Balaban J connectivity index is 2.02. The van der Waals surface area contributed by atoms with E-state index in [0.717, 1.165) is 5.56 Å². The molecule has 0 saturated carbocycles. The van der Waals surface area contributed by atoms with Crippen molar-refractivity contribution in [1.82, 2.24) is 10.3 Å². The van der Waals surface area contributed by atoms with Crippen molar-refractivity contribution in [2.45, 2.75) is 13.5 Å². The van der Waals surface area contributed by atoms with Gasteiger partial charge in [0.2, 0.25) is 5.88 Å². The predicted molar refractivity (Wildman–Crippen MR) is 74.8 cm³/mol. The summed E-state index contributed by atoms with van der Waals surface area (Å²) < 4.78 is 4.96. The highest BCUT2D eigenvalue weighted by Gasteiger charge is 2.11. The van der Waals surface area contributed by atoms with Crippen molar-refractivity contribution in [2.24, 2.45) is 0 Å². The highest BCUT2D eigenvalue weighted by atomic mass is 16.5. The van der Waals surface area contributed by atoms with E-state index in [9.17, 15) is 9.90 Å². The largest absolute Gasteiger partial charge is 0.507 e. The van der Waals surface area contributed by atoms with Gasteiger partial charge in [-0.15, -0.1) is 0 Å². The summed E-state index contributed by atoms with van der Waals surface area (Å²) in [5.41, 5.74) is 1.79. The fraction of sp³-hybridized carbons (Fsp3) is 0.200. The van der Waals surface area contributed by atoms with Crippen molar-refractivity contribution < 1.29 is 14.6 Å². The van der Waals surface area contributed by atoms with Crippen LogP contribution in [0.4, 0.5) is 0 Å². The average Bonchev–Trinajstić information content (AvgIpc) is 2.48. The minimum absolute atomic E-state index is 0.0119. The molecule has 2 aromatic rings. The number of carbonyl (C=O) groups is 1. The van der Waals surface area contributed by atoms with Crippen molar-refractivity contribution in [1.29, 1.82) is 0 Å². The zero-order valence-corrected chi connectivity index (χ0v) is 11.4. The number of methoxy groups -OCH3 is 1. The molecule has 0 atom stereocenters. The van der Waals surface area contributed by atoms with Crippen molar-refractivity contribution in [3.8, 4) is 11.6 Å². The van der Waals surface area contributed by atoms with Crippen LogP contribution in [-0.2, 0) is 6.54 Å². The van der Waals surface area contributed by atoms with Crippen LogP contribution in [0, 0.1) is 6.92 Å². The molecule has 1 aromatic heterocycles. The Labute approximate surface area is 117 Å². The zero-order chi connectivity index (χ0) is 14.5. The monoisotopic (exact) mass is 272 g/mol. The minimum Gasteiger partial charge on any atom is -0.507 e. The highest BCUT2D eigenvalue weighted by Crippen LogP contribution is 2.21. The van der Waals surface area contributed by atoms with Gasteiger partial charge in [0.05, 0.1) is 12.7 Å². The Morgan fingerprint density at radius 3 is 2.80 bits per heavy atom. The van der Waals surface area contributed by atoms with E-state index >= 15 is 0 Å². The third kappa shape index (κ3) is 3.06. The van der Waals surface area contributed by atoms with Crippen LogP contribution in [0.1, 0.15) is 21.5 Å². The molecule has 0 unspecified atom stereocenters. The molecule has 5 nitrogen and oxygen atoms in total. The number of carbonyl (C=O) groups excluding carboxylic acids is 1. The lowest BCUT2D eigenvalue weighted by Gasteiger charge is -2.08. The van der Waals surface area contributed by atoms with Crippen LogP contribution in [0.2, 0.25) is 0 Å². The second kappa shape index (κ2) is 6.06. The summed E-state index contributed by atoms with van der Waals surface area (Å²) in [6, 6.07) is 8.62. The van der Waals surface area contributed by atoms with E-state index in [1.807, 2.05) is 6.07 Å². The van der Waals surface area contributed by atoms with E-state index in [2.05, 4.69) is 10.3 Å². The first-order chi connectivity index (χ1) is 9.61. The number of phenols is 1. The number of hydrogen-bond donors (Lipinski definition) is 2. The number of rotatable bonds is 4. The van der Waals surface area contributed by atoms with Gasteiger partial charge in [-0.05, 0) is 24.1 Å². The molecule has 20 heavy (non-hydrogen) atoms. The van der Waals surface area contributed by atoms with Crippen molar-refractivity contribution >= 4 is 5.91 Å². The third-order valence-corrected chi connectivity index (χ3v) is 2.94. The molecule has 1 amide bonds. The van der Waals surface area contributed by atoms with E-state index in [1.165, 1.54) is 0 Å². The van der Waals surface area contributed by atoms with Crippen LogP contribution in [-0.4, -0.2) is 23.1 Å². The van der Waals surface area contributed by atoms with Crippen LogP contribution in [0.25, 0.3) is 0 Å². The lowest BCUT2D eigenvalue weighted by atomic mass is 10.1. The van der Waals surface area contributed by atoms with Gasteiger partial charge >= 0.3 is 0 Å². The van der Waals surface area contributed by atoms with E-state index in [4.69, 9.17) is 4.74 Å². The van der Waals surface area contributed by atoms with E-state index in [-0.39, 0.29) is 17.2 Å². The van der Waals surface area contributed by atoms with E-state index < -0.39 is 0 Å². The molecular weight excluding hydrogens is 256 g/mol. The van der Waals surface area contributed by atoms with Gasteiger partial charge < -0.3 is 15.2 Å². The third-order valence-electron chi connectivity index (χ3n) is 2.94. The Kier molecular flexibility index (Phi) is 4.20. The number of nitrogens with one attached hydrogen (secondary N) is 1. The first-order valence-corrected chi connectivity index (χ1v) is 6.17. The maximum Gasteiger partial charge on any atom is 0.255 e. The van der Waals surface area contributed by atoms with Crippen LogP contribution in [0.15, 0.2) is 36.5 Å². The standard InChI is InChI=1S/C15H16N2O3/c1-10-4-3-5-12(14(10)18)15(19)17-9-11-6-7-13(20-2)16-8-11/h3-8,18H,9H2,1-2H3,(H,17,19). The zero-order valence-electron chi connectivity index (χ0n) is 11.4. The Hall–Kier alpha value is -2.56. The maximum absolute atomic E-state index is 12.0. The van der Waals surface area contributed by atoms with Crippen LogP contribution in [0.5, 0.6) is 11.6 Å². The van der Waals surface area contributed by atoms with Gasteiger partial charge in [0.15, 0.2) is 0 Å². The van der Waals surface area contributed by atoms with Gasteiger partial charge in [0.1, 0.15) is 5.75 Å². The maximum atomic E-state index is 12.0. The highest BCUT2D eigenvalue weighted by molar-refractivity contribution is 5.97. The van der Waals surface area contributed by atoms with Gasteiger partial charge in [0.25, 0.3) is 5.91 Å². The first kappa shape index (κ1) is 13.9. The van der Waals surface area contributed by atoms with E-state index in [1.54, 1.807) is 44.5 Å². The molecule has 1 aromatic carbocycles. The van der Waals surface area contributed by atoms with E-state index in [0.29, 0.717) is 18.0 Å². The summed E-state index contributed by atoms with van der Waals surface area (Å²) in [7, 11) is 1.55. The van der Waals surface area contributed by atoms with Crippen LogP contribution < -0.4 is 10.1 Å². The average molecular weight is 272 g/mol. The molecule has 0 saturated heterocycles. The molecule has 1 heterocycles. The fourth-order valence-electron chi connectivity index (χ4n) is 1.76. The molecule has 2 N–H and O–H groups in total. The second-order valence-corrected chi connectivity index (χ2v) is 4.36. The van der Waals surface area contributed by atoms with Crippen molar-refractivity contribution in [2.75, 3.05) is 7.11 Å². The lowest BCUT2D eigenvalue weighted by Crippen LogP contribution is -2.23. The number of aromatic nitrogens is 1. The summed E-state index contributed by atoms with van der Waals surface area (Å²) in [4.78, 5) is 16.1. The quantitative estimate of drug-likeness (QED) is 0.893. The van der Waals surface area contributed by atoms with Crippen molar-refractivity contribution in [3.63, 3.8) is 0 Å². The number of nitrogens with zero attached hydrogens (tertiary/aromatic N) is 1. The summed E-state index contributed by atoms with van der Waals surface area (Å²) >= 11 is 0. The smallest absolute Gasteiger partial charge is 0.255 e. The normalized spacial score (nSPS) is 10.1. The summed E-state index contributed by atoms with van der Waals surface area (Å²) in [6.45, 7) is 2.09. The summed E-state index contributed by atoms with van der Waals surface area (Å²) in [6.07, 6.45) is 1.63. The molecule has 0 aliphatic carbocycles. The number of hydrogen-bond acceptors (Lipinski definition) is 4. The molecule has 0 spiro atoms. The number of pyridine rings is 1. The van der Waals surface area contributed by atoms with Gasteiger partial charge in [-0.25, -0.2) is 4.98 Å². The molecule has 0 aliphatic rings. The Morgan fingerprint density at radius 1 is 1.35 bits per heavy atom. The second-order valence-electron chi connectivity index (χ2n) is 4.36. The van der Waals surface area contributed by atoms with Crippen LogP contribution >= 0.6 is 0 Å². The molecule has 104 valence electrons. The van der Waals surface area contributed by atoms with Gasteiger partial charge in [-0.1, -0.05) is 18.2 Å². The molecule has 0 bridgehead atoms. The molecular formula is C15H16N2O3. The SMILES string of the molecule is COc1ccc(CNC(=O)c2cccc(C)c2O)cn1. The van der Waals surface area contributed by atoms with Crippen LogP contribution in [0.3, 0.4) is 0 Å². The van der Waals surface area contributed by atoms with Gasteiger partial charge in [-0.2, -0.15) is 0 Å². The van der Waals surface area contributed by atoms with Gasteiger partial charge in [0, 0.05) is 18.8 Å². The summed E-state index contributed by atoms with van der Waals surface area (Å²) in [5.74, 6) is 0.219. The predicted octanol–water partition coefficient (Wildman–Crippen LogP) is 2.03. The minimum atomic E-state index is -0.318. The van der Waals surface area contributed by atoms with Gasteiger partial charge in [-0.3, -0.25) is 4.79 Å².